The summed E-state index contributed by atoms with van der Waals surface area (Å²) >= 11 is 5.61. The number of likely N-dealkylation sites (N-methyl/N-ethyl adjacent to an activating group) is 1. The smallest absolute Gasteiger partial charge is 0.325 e. The first-order chi connectivity index (χ1) is 7.04. The molecule has 0 radical (unpaired) electrons. The van der Waals surface area contributed by atoms with Crippen molar-refractivity contribution in [3.05, 3.63) is 29.0 Å². The van der Waals surface area contributed by atoms with E-state index in [-0.39, 0.29) is 17.5 Å². The molecule has 0 aliphatic heterocycles. The van der Waals surface area contributed by atoms with Crippen LogP contribution in [0.25, 0.3) is 0 Å². The summed E-state index contributed by atoms with van der Waals surface area (Å²) in [4.78, 5) is 12.6. The number of methoxy groups -OCH3 is 1. The van der Waals surface area contributed by atoms with Crippen molar-refractivity contribution >= 4 is 23.3 Å². The van der Waals surface area contributed by atoms with Crippen LogP contribution in [0.4, 0.5) is 10.1 Å². The van der Waals surface area contributed by atoms with Crippen molar-refractivity contribution in [2.45, 2.75) is 0 Å². The summed E-state index contributed by atoms with van der Waals surface area (Å²) in [6, 6.07) is 4.26. The second kappa shape index (κ2) is 4.98. The lowest BCUT2D eigenvalue weighted by molar-refractivity contribution is -0.138. The molecule has 0 atom stereocenters. The molecule has 0 N–H and O–H groups in total. The largest absolute Gasteiger partial charge is 0.468 e. The highest BCUT2D eigenvalue weighted by atomic mass is 35.5. The maximum Gasteiger partial charge on any atom is 0.325 e. The number of anilines is 1. The van der Waals surface area contributed by atoms with E-state index >= 15 is 0 Å². The van der Waals surface area contributed by atoms with Crippen LogP contribution < -0.4 is 4.90 Å². The van der Waals surface area contributed by atoms with Gasteiger partial charge in [0.2, 0.25) is 0 Å². The van der Waals surface area contributed by atoms with Gasteiger partial charge in [-0.1, -0.05) is 11.6 Å². The molecule has 0 fully saturated rings. The molecule has 0 unspecified atom stereocenters. The molecule has 1 aromatic rings. The quantitative estimate of drug-likeness (QED) is 0.746. The Balaban J connectivity index is 2.78. The first kappa shape index (κ1) is 11.8. The lowest BCUT2D eigenvalue weighted by Crippen LogP contribution is -2.26. The van der Waals surface area contributed by atoms with Crippen LogP contribution in [0.15, 0.2) is 18.2 Å². The maximum atomic E-state index is 12.8. The zero-order valence-electron chi connectivity index (χ0n) is 8.46. The van der Waals surface area contributed by atoms with E-state index in [9.17, 15) is 9.18 Å². The van der Waals surface area contributed by atoms with Crippen molar-refractivity contribution in [1.29, 1.82) is 0 Å². The summed E-state index contributed by atoms with van der Waals surface area (Å²) in [7, 11) is 3.01. The molecule has 3 nitrogen and oxygen atoms in total. The summed E-state index contributed by atoms with van der Waals surface area (Å²) in [5.41, 5.74) is 0.659. The Morgan fingerprint density at radius 3 is 2.80 bits per heavy atom. The van der Waals surface area contributed by atoms with E-state index in [0.29, 0.717) is 5.69 Å². The second-order valence-electron chi connectivity index (χ2n) is 3.03. The van der Waals surface area contributed by atoms with E-state index in [0.717, 1.165) is 0 Å². The number of carbonyl (C=O) groups is 1. The van der Waals surface area contributed by atoms with Crippen LogP contribution in [0.2, 0.25) is 5.02 Å². The number of hydrogen-bond acceptors (Lipinski definition) is 3. The minimum atomic E-state index is -0.480. The standard InChI is InChI=1S/C10H11ClFNO2/c1-13(6-10(14)15-2)7-3-4-9(12)8(11)5-7/h3-5H,6H2,1-2H3. The van der Waals surface area contributed by atoms with E-state index in [1.165, 1.54) is 19.2 Å². The number of esters is 1. The fourth-order valence-electron chi connectivity index (χ4n) is 1.07. The molecule has 0 saturated carbocycles. The SMILES string of the molecule is COC(=O)CN(C)c1ccc(F)c(Cl)c1. The molecule has 82 valence electrons. The molecule has 0 saturated heterocycles. The number of ether oxygens (including phenoxy) is 1. The average Bonchev–Trinajstić information content (AvgIpc) is 2.21. The summed E-state index contributed by atoms with van der Waals surface area (Å²) in [6.07, 6.45) is 0. The minimum absolute atomic E-state index is 0.0317. The lowest BCUT2D eigenvalue weighted by atomic mass is 10.3. The molecule has 0 heterocycles. The van der Waals surface area contributed by atoms with Crippen LogP contribution in [-0.2, 0) is 9.53 Å². The van der Waals surface area contributed by atoms with Gasteiger partial charge in [0, 0.05) is 12.7 Å². The third-order valence-corrected chi connectivity index (χ3v) is 2.23. The summed E-state index contributed by atoms with van der Waals surface area (Å²) < 4.78 is 17.4. The zero-order valence-corrected chi connectivity index (χ0v) is 9.21. The summed E-state index contributed by atoms with van der Waals surface area (Å²) in [5, 5.41) is 0.0317. The Bertz CT molecular complexity index is 370. The molecule has 0 aromatic heterocycles. The second-order valence-corrected chi connectivity index (χ2v) is 3.44. The molecule has 0 aliphatic carbocycles. The maximum absolute atomic E-state index is 12.8. The van der Waals surface area contributed by atoms with Gasteiger partial charge in [-0.2, -0.15) is 0 Å². The van der Waals surface area contributed by atoms with Crippen LogP contribution >= 0.6 is 11.6 Å². The van der Waals surface area contributed by atoms with Crippen molar-refractivity contribution in [2.24, 2.45) is 0 Å². The van der Waals surface area contributed by atoms with Crippen LogP contribution in [0.3, 0.4) is 0 Å². The van der Waals surface area contributed by atoms with Crippen molar-refractivity contribution in [3.63, 3.8) is 0 Å². The Hall–Kier alpha value is -1.29. The Morgan fingerprint density at radius 1 is 1.60 bits per heavy atom. The molecule has 0 bridgehead atoms. The monoisotopic (exact) mass is 231 g/mol. The van der Waals surface area contributed by atoms with Crippen molar-refractivity contribution in [1.82, 2.24) is 0 Å². The lowest BCUT2D eigenvalue weighted by Gasteiger charge is -2.17. The number of benzene rings is 1. The van der Waals surface area contributed by atoms with Gasteiger partial charge in [-0.25, -0.2) is 4.39 Å². The van der Waals surface area contributed by atoms with E-state index < -0.39 is 5.82 Å². The van der Waals surface area contributed by atoms with E-state index in [1.807, 2.05) is 0 Å². The normalized spacial score (nSPS) is 9.87. The van der Waals surface area contributed by atoms with Gasteiger partial charge in [-0.3, -0.25) is 4.79 Å². The molecule has 5 heteroatoms. The fraction of sp³-hybridized carbons (Fsp3) is 0.300. The van der Waals surface area contributed by atoms with Gasteiger partial charge < -0.3 is 9.64 Å². The molecule has 0 aliphatic rings. The van der Waals surface area contributed by atoms with Gasteiger partial charge in [0.1, 0.15) is 12.4 Å². The number of rotatable bonds is 3. The van der Waals surface area contributed by atoms with Crippen LogP contribution in [0.1, 0.15) is 0 Å². The highest BCUT2D eigenvalue weighted by Crippen LogP contribution is 2.21. The number of halogens is 2. The average molecular weight is 232 g/mol. The van der Waals surface area contributed by atoms with Gasteiger partial charge >= 0.3 is 5.97 Å². The Morgan fingerprint density at radius 2 is 2.27 bits per heavy atom. The fourth-order valence-corrected chi connectivity index (χ4v) is 1.25. The third kappa shape index (κ3) is 3.09. The van der Waals surface area contributed by atoms with Crippen LogP contribution in [-0.4, -0.2) is 26.7 Å². The van der Waals surface area contributed by atoms with Crippen molar-refractivity contribution in [3.8, 4) is 0 Å². The molecular weight excluding hydrogens is 221 g/mol. The molecule has 0 spiro atoms. The molecule has 1 rings (SSSR count). The van der Waals surface area contributed by atoms with Crippen LogP contribution in [0, 0.1) is 5.82 Å². The number of hydrogen-bond donors (Lipinski definition) is 0. The molecule has 0 amide bonds. The predicted octanol–water partition coefficient (Wildman–Crippen LogP) is 2.09. The van der Waals surface area contributed by atoms with Gasteiger partial charge in [-0.05, 0) is 18.2 Å². The van der Waals surface area contributed by atoms with Crippen molar-refractivity contribution in [2.75, 3.05) is 25.6 Å². The topological polar surface area (TPSA) is 29.5 Å². The predicted molar refractivity (Wildman–Crippen MR) is 56.7 cm³/mol. The van der Waals surface area contributed by atoms with E-state index in [4.69, 9.17) is 11.6 Å². The summed E-state index contributed by atoms with van der Waals surface area (Å²) in [5.74, 6) is -0.843. The van der Waals surface area contributed by atoms with E-state index in [1.54, 1.807) is 18.0 Å². The van der Waals surface area contributed by atoms with Crippen LogP contribution in [0.5, 0.6) is 0 Å². The third-order valence-electron chi connectivity index (χ3n) is 1.94. The van der Waals surface area contributed by atoms with E-state index in [2.05, 4.69) is 4.74 Å². The Labute approximate surface area is 92.4 Å². The summed E-state index contributed by atoms with van der Waals surface area (Å²) in [6.45, 7) is 0.0957. The first-order valence-electron chi connectivity index (χ1n) is 4.27. The highest BCUT2D eigenvalue weighted by molar-refractivity contribution is 6.31. The zero-order chi connectivity index (χ0) is 11.4. The van der Waals surface area contributed by atoms with Crippen molar-refractivity contribution < 1.29 is 13.9 Å². The van der Waals surface area contributed by atoms with Gasteiger partial charge in [-0.15, -0.1) is 0 Å². The molecule has 15 heavy (non-hydrogen) atoms. The first-order valence-corrected chi connectivity index (χ1v) is 4.65. The van der Waals surface area contributed by atoms with Gasteiger partial charge in [0.05, 0.1) is 12.1 Å². The number of carbonyl (C=O) groups excluding carboxylic acids is 1. The molecule has 1 aromatic carbocycles. The Kier molecular flexibility index (Phi) is 3.91. The highest BCUT2D eigenvalue weighted by Gasteiger charge is 2.09. The minimum Gasteiger partial charge on any atom is -0.468 e. The van der Waals surface area contributed by atoms with Gasteiger partial charge in [0.15, 0.2) is 0 Å². The molecular formula is C10H11ClFNO2. The number of nitrogens with zero attached hydrogens (tertiary/aromatic N) is 1. The van der Waals surface area contributed by atoms with Gasteiger partial charge in [0.25, 0.3) is 0 Å².